The van der Waals surface area contributed by atoms with Gasteiger partial charge in [0.25, 0.3) is 0 Å². The van der Waals surface area contributed by atoms with E-state index in [1.54, 1.807) is 17.8 Å². The van der Waals surface area contributed by atoms with Crippen LogP contribution in [-0.2, 0) is 11.3 Å². The van der Waals surface area contributed by atoms with E-state index >= 15 is 0 Å². The van der Waals surface area contributed by atoms with Crippen LogP contribution in [0.15, 0.2) is 47.3 Å². The highest BCUT2D eigenvalue weighted by Crippen LogP contribution is 2.37. The first-order valence-corrected chi connectivity index (χ1v) is 10.7. The average Bonchev–Trinajstić information content (AvgIpc) is 2.64. The molecule has 1 fully saturated rings. The Morgan fingerprint density at radius 2 is 2.04 bits per heavy atom. The highest BCUT2D eigenvalue weighted by atomic mass is 32.2. The van der Waals surface area contributed by atoms with E-state index in [0.29, 0.717) is 38.0 Å². The Bertz CT molecular complexity index is 788. The summed E-state index contributed by atoms with van der Waals surface area (Å²) in [4.78, 5) is 16.3. The van der Waals surface area contributed by atoms with Crippen molar-refractivity contribution in [2.75, 3.05) is 18.8 Å². The zero-order valence-electron chi connectivity index (χ0n) is 16.3. The van der Waals surface area contributed by atoms with Crippen LogP contribution in [-0.4, -0.2) is 56.3 Å². The molecule has 0 aliphatic carbocycles. The summed E-state index contributed by atoms with van der Waals surface area (Å²) < 4.78 is 13.7. The minimum absolute atomic E-state index is 0.288. The van der Waals surface area contributed by atoms with E-state index in [-0.39, 0.29) is 17.3 Å². The number of carboxylic acid groups (broad SMARTS) is 1. The molecule has 1 unspecified atom stereocenters. The molecule has 5 nitrogen and oxygen atoms in total. The average molecular weight is 407 g/mol. The monoisotopic (exact) mass is 406 g/mol. The smallest absolute Gasteiger partial charge is 0.334 e. The lowest BCUT2D eigenvalue weighted by Gasteiger charge is -2.45. The number of nitrogens with zero attached hydrogens (tertiary/aromatic N) is 2. The van der Waals surface area contributed by atoms with Crippen LogP contribution in [0.3, 0.4) is 0 Å². The van der Waals surface area contributed by atoms with Crippen LogP contribution in [0.2, 0.25) is 0 Å². The molecule has 0 amide bonds. The van der Waals surface area contributed by atoms with Gasteiger partial charge in [0.2, 0.25) is 0 Å². The summed E-state index contributed by atoms with van der Waals surface area (Å²) >= 11 is 1.57. The number of hydrogen-bond donors (Lipinski definition) is 2. The van der Waals surface area contributed by atoms with Gasteiger partial charge in [0, 0.05) is 19.6 Å². The van der Waals surface area contributed by atoms with Crippen molar-refractivity contribution in [3.63, 3.8) is 0 Å². The van der Waals surface area contributed by atoms with E-state index in [9.17, 15) is 19.4 Å². The Hall–Kier alpha value is -1.99. The van der Waals surface area contributed by atoms with Gasteiger partial charge >= 0.3 is 5.97 Å². The maximum absolute atomic E-state index is 13.7. The van der Waals surface area contributed by atoms with Gasteiger partial charge in [-0.25, -0.2) is 9.18 Å². The third kappa shape index (κ3) is 4.52. The molecule has 0 aromatic heterocycles. The molecule has 2 aliphatic heterocycles. The molecule has 1 aromatic carbocycles. The van der Waals surface area contributed by atoms with Crippen LogP contribution in [0.25, 0.3) is 0 Å². The van der Waals surface area contributed by atoms with Crippen molar-refractivity contribution in [2.24, 2.45) is 0 Å². The van der Waals surface area contributed by atoms with Crippen molar-refractivity contribution in [3.05, 3.63) is 58.7 Å². The van der Waals surface area contributed by atoms with E-state index in [1.165, 1.54) is 12.1 Å². The summed E-state index contributed by atoms with van der Waals surface area (Å²) in [5.74, 6) is 0.494. The molecule has 1 saturated heterocycles. The Kier molecular flexibility index (Phi) is 6.67. The summed E-state index contributed by atoms with van der Waals surface area (Å²) in [5.41, 5.74) is 1.92. The Morgan fingerprint density at radius 3 is 2.64 bits per heavy atom. The third-order valence-corrected chi connectivity index (χ3v) is 6.32. The number of carboxylic acids is 1. The zero-order chi connectivity index (χ0) is 20.3. The van der Waals surface area contributed by atoms with Crippen molar-refractivity contribution in [1.29, 1.82) is 0 Å². The van der Waals surface area contributed by atoms with E-state index in [2.05, 4.69) is 9.80 Å². The van der Waals surface area contributed by atoms with E-state index in [1.807, 2.05) is 26.0 Å². The summed E-state index contributed by atoms with van der Waals surface area (Å²) in [5, 5.41) is 19.3. The first kappa shape index (κ1) is 20.7. The number of hydrogen-bond acceptors (Lipinski definition) is 5. The molecule has 2 heterocycles. The molecule has 2 N–H and O–H groups in total. The van der Waals surface area contributed by atoms with Crippen LogP contribution < -0.4 is 0 Å². The highest BCUT2D eigenvalue weighted by Gasteiger charge is 2.36. The van der Waals surface area contributed by atoms with E-state index in [0.717, 1.165) is 22.7 Å². The molecular weight excluding hydrogens is 379 g/mol. The van der Waals surface area contributed by atoms with Crippen LogP contribution in [0, 0.1) is 5.82 Å². The Balaban J connectivity index is 2.00. The quantitative estimate of drug-likeness (QED) is 0.755. The van der Waals surface area contributed by atoms with Crippen LogP contribution in [0.4, 0.5) is 4.39 Å². The number of likely N-dealkylation sites (tertiary alicyclic amines) is 1. The standard InChI is InChI=1S/C21H27FN2O3S/c1-3-28-20-19(21(26)27)14(2)11-18(23-9-7-17(25)8-10-23)24(20)13-15-5-4-6-16(22)12-15/h4-6,11-12,17,20,25H,3,7-10,13H2,1-2H3,(H,26,27). The van der Waals surface area contributed by atoms with E-state index in [4.69, 9.17) is 0 Å². The lowest BCUT2D eigenvalue weighted by atomic mass is 10.0. The number of aliphatic hydroxyl groups is 1. The van der Waals surface area contributed by atoms with Gasteiger partial charge in [0.15, 0.2) is 0 Å². The highest BCUT2D eigenvalue weighted by molar-refractivity contribution is 8.00. The van der Waals surface area contributed by atoms with Gasteiger partial charge in [-0.15, -0.1) is 11.8 Å². The van der Waals surface area contributed by atoms with Gasteiger partial charge in [-0.2, -0.15) is 0 Å². The van der Waals surface area contributed by atoms with Crippen molar-refractivity contribution in [2.45, 2.75) is 44.7 Å². The number of benzene rings is 1. The molecule has 0 bridgehead atoms. The lowest BCUT2D eigenvalue weighted by Crippen LogP contribution is -2.47. The topological polar surface area (TPSA) is 64.0 Å². The second kappa shape index (κ2) is 9.01. The molecule has 0 radical (unpaired) electrons. The van der Waals surface area contributed by atoms with Crippen molar-refractivity contribution in [1.82, 2.24) is 9.80 Å². The molecule has 152 valence electrons. The van der Waals surface area contributed by atoms with Gasteiger partial charge in [-0.3, -0.25) is 0 Å². The van der Waals surface area contributed by atoms with Crippen LogP contribution >= 0.6 is 11.8 Å². The molecule has 1 aromatic rings. The number of allylic oxidation sites excluding steroid dienone is 2. The van der Waals surface area contributed by atoms with Gasteiger partial charge in [-0.1, -0.05) is 19.1 Å². The number of aliphatic hydroxyl groups excluding tert-OH is 1. The van der Waals surface area contributed by atoms with Crippen LogP contribution in [0.5, 0.6) is 0 Å². The number of thioether (sulfide) groups is 1. The summed E-state index contributed by atoms with van der Waals surface area (Å²) in [6.45, 7) is 5.70. The minimum Gasteiger partial charge on any atom is -0.478 e. The zero-order valence-corrected chi connectivity index (χ0v) is 17.1. The third-order valence-electron chi connectivity index (χ3n) is 5.18. The normalized spacial score (nSPS) is 21.1. The maximum atomic E-state index is 13.7. The number of carbonyl (C=O) groups is 1. The van der Waals surface area contributed by atoms with E-state index < -0.39 is 5.97 Å². The van der Waals surface area contributed by atoms with Gasteiger partial charge in [-0.05, 0) is 54.9 Å². The largest absolute Gasteiger partial charge is 0.478 e. The second-order valence-electron chi connectivity index (χ2n) is 7.19. The first-order chi connectivity index (χ1) is 13.4. The Morgan fingerprint density at radius 1 is 1.32 bits per heavy atom. The number of halogens is 1. The first-order valence-electron chi connectivity index (χ1n) is 9.62. The number of piperidine rings is 1. The van der Waals surface area contributed by atoms with Gasteiger partial charge in [0.1, 0.15) is 17.0 Å². The summed E-state index contributed by atoms with van der Waals surface area (Å²) in [7, 11) is 0. The Labute approximate surface area is 169 Å². The van der Waals surface area contributed by atoms with Crippen molar-refractivity contribution < 1.29 is 19.4 Å². The summed E-state index contributed by atoms with van der Waals surface area (Å²) in [6.07, 6.45) is 3.01. The SMILES string of the molecule is CCSC1C(C(=O)O)=C(C)C=C(N2CCC(O)CC2)N1Cc1cccc(F)c1. The molecule has 0 saturated carbocycles. The van der Waals surface area contributed by atoms with Crippen molar-refractivity contribution >= 4 is 17.7 Å². The maximum Gasteiger partial charge on any atom is 0.334 e. The molecule has 3 rings (SSSR count). The molecule has 28 heavy (non-hydrogen) atoms. The number of aliphatic carboxylic acids is 1. The van der Waals surface area contributed by atoms with Crippen molar-refractivity contribution in [3.8, 4) is 0 Å². The molecule has 1 atom stereocenters. The molecule has 7 heteroatoms. The fourth-order valence-electron chi connectivity index (χ4n) is 3.79. The molecule has 2 aliphatic rings. The predicted octanol–water partition coefficient (Wildman–Crippen LogP) is 3.42. The second-order valence-corrected chi connectivity index (χ2v) is 8.55. The summed E-state index contributed by atoms with van der Waals surface area (Å²) in [6, 6.07) is 6.45. The predicted molar refractivity (Wildman–Crippen MR) is 109 cm³/mol. The number of rotatable bonds is 6. The fraction of sp³-hybridized carbons (Fsp3) is 0.476. The molecular formula is C21H27FN2O3S. The fourth-order valence-corrected chi connectivity index (χ4v) is 4.93. The van der Waals surface area contributed by atoms with Crippen LogP contribution in [0.1, 0.15) is 32.3 Å². The minimum atomic E-state index is -0.919. The lowest BCUT2D eigenvalue weighted by molar-refractivity contribution is -0.133. The molecule has 0 spiro atoms. The van der Waals surface area contributed by atoms with Gasteiger partial charge in [0.05, 0.1) is 11.7 Å². The van der Waals surface area contributed by atoms with Gasteiger partial charge < -0.3 is 20.0 Å².